The summed E-state index contributed by atoms with van der Waals surface area (Å²) in [7, 11) is 0. The first kappa shape index (κ1) is 14.3. The van der Waals surface area contributed by atoms with E-state index in [1.54, 1.807) is 0 Å². The molecular formula is C17H24N4. The Kier molecular flexibility index (Phi) is 4.68. The van der Waals surface area contributed by atoms with E-state index in [-0.39, 0.29) is 0 Å². The molecule has 1 saturated heterocycles. The van der Waals surface area contributed by atoms with Crippen LogP contribution in [0.5, 0.6) is 0 Å². The van der Waals surface area contributed by atoms with Gasteiger partial charge in [-0.25, -0.2) is 0 Å². The molecule has 0 radical (unpaired) electrons. The summed E-state index contributed by atoms with van der Waals surface area (Å²) in [5, 5.41) is 10.8. The third-order valence-electron chi connectivity index (χ3n) is 4.27. The minimum Gasteiger partial charge on any atom is -0.309 e. The van der Waals surface area contributed by atoms with E-state index in [4.69, 9.17) is 0 Å². The van der Waals surface area contributed by atoms with Gasteiger partial charge in [0.2, 0.25) is 0 Å². The number of likely N-dealkylation sites (tertiary alicyclic amines) is 1. The molecule has 2 heterocycles. The number of aryl methyl sites for hydroxylation is 1. The standard InChI is InChI=1S/C17H24N4/c1-14-16(11-19-20-14)10-18-17-8-5-9-21(13-17)12-15-6-3-2-4-7-15/h2-4,6-7,11,17-18H,5,8-10,12-13H2,1H3,(H,19,20)/t17-/m1/s1. The third-order valence-corrected chi connectivity index (χ3v) is 4.27. The fourth-order valence-electron chi connectivity index (χ4n) is 3.02. The van der Waals surface area contributed by atoms with Gasteiger partial charge in [-0.05, 0) is 31.9 Å². The minimum absolute atomic E-state index is 0.580. The molecule has 3 rings (SSSR count). The Balaban J connectivity index is 1.50. The van der Waals surface area contributed by atoms with Crippen LogP contribution in [0.1, 0.15) is 29.7 Å². The van der Waals surface area contributed by atoms with Crippen molar-refractivity contribution in [2.75, 3.05) is 13.1 Å². The number of hydrogen-bond acceptors (Lipinski definition) is 3. The fourth-order valence-corrected chi connectivity index (χ4v) is 3.02. The minimum atomic E-state index is 0.580. The number of hydrogen-bond donors (Lipinski definition) is 2. The van der Waals surface area contributed by atoms with Crippen molar-refractivity contribution in [1.29, 1.82) is 0 Å². The van der Waals surface area contributed by atoms with Gasteiger partial charge in [0.25, 0.3) is 0 Å². The zero-order valence-corrected chi connectivity index (χ0v) is 12.7. The molecule has 1 aromatic carbocycles. The molecule has 0 bridgehead atoms. The first-order valence-corrected chi connectivity index (χ1v) is 7.80. The zero-order valence-electron chi connectivity index (χ0n) is 12.7. The lowest BCUT2D eigenvalue weighted by atomic mass is 10.0. The molecule has 112 valence electrons. The van der Waals surface area contributed by atoms with Crippen LogP contribution in [0.4, 0.5) is 0 Å². The van der Waals surface area contributed by atoms with Crippen LogP contribution in [0.25, 0.3) is 0 Å². The average molecular weight is 284 g/mol. The first-order chi connectivity index (χ1) is 10.3. The molecular weight excluding hydrogens is 260 g/mol. The van der Waals surface area contributed by atoms with Gasteiger partial charge in [0.1, 0.15) is 0 Å². The molecule has 4 heteroatoms. The predicted molar refractivity (Wildman–Crippen MR) is 84.9 cm³/mol. The number of piperidine rings is 1. The topological polar surface area (TPSA) is 44.0 Å². The summed E-state index contributed by atoms with van der Waals surface area (Å²) in [5.41, 5.74) is 3.85. The maximum Gasteiger partial charge on any atom is 0.0535 e. The van der Waals surface area contributed by atoms with Crippen LogP contribution >= 0.6 is 0 Å². The van der Waals surface area contributed by atoms with Crippen LogP contribution < -0.4 is 5.32 Å². The summed E-state index contributed by atoms with van der Waals surface area (Å²) in [5.74, 6) is 0. The number of aromatic nitrogens is 2. The Morgan fingerprint density at radius 1 is 1.33 bits per heavy atom. The molecule has 0 spiro atoms. The van der Waals surface area contributed by atoms with Crippen LogP contribution in [0.3, 0.4) is 0 Å². The lowest BCUT2D eigenvalue weighted by Gasteiger charge is -2.33. The Morgan fingerprint density at radius 2 is 2.19 bits per heavy atom. The molecule has 4 nitrogen and oxygen atoms in total. The molecule has 21 heavy (non-hydrogen) atoms. The van der Waals surface area contributed by atoms with Crippen molar-refractivity contribution in [1.82, 2.24) is 20.4 Å². The van der Waals surface area contributed by atoms with Crippen LogP contribution in [-0.4, -0.2) is 34.2 Å². The van der Waals surface area contributed by atoms with Crippen molar-refractivity contribution in [2.45, 2.75) is 38.9 Å². The normalized spacial score (nSPS) is 19.8. The van der Waals surface area contributed by atoms with E-state index in [1.165, 1.54) is 36.2 Å². The van der Waals surface area contributed by atoms with E-state index in [0.29, 0.717) is 6.04 Å². The van der Waals surface area contributed by atoms with Gasteiger partial charge < -0.3 is 5.32 Å². The van der Waals surface area contributed by atoms with E-state index in [1.807, 2.05) is 6.20 Å². The number of benzene rings is 1. The van der Waals surface area contributed by atoms with Crippen LogP contribution in [0.2, 0.25) is 0 Å². The fraction of sp³-hybridized carbons (Fsp3) is 0.471. The van der Waals surface area contributed by atoms with Gasteiger partial charge in [-0.2, -0.15) is 5.10 Å². The molecule has 1 aromatic heterocycles. The van der Waals surface area contributed by atoms with Gasteiger partial charge in [-0.1, -0.05) is 30.3 Å². The second-order valence-electron chi connectivity index (χ2n) is 5.96. The summed E-state index contributed by atoms with van der Waals surface area (Å²) in [6, 6.07) is 11.3. The highest BCUT2D eigenvalue weighted by Gasteiger charge is 2.19. The number of H-pyrrole nitrogens is 1. The van der Waals surface area contributed by atoms with E-state index in [0.717, 1.165) is 19.6 Å². The van der Waals surface area contributed by atoms with Crippen molar-refractivity contribution >= 4 is 0 Å². The number of nitrogens with zero attached hydrogens (tertiary/aromatic N) is 2. The molecule has 1 atom stereocenters. The van der Waals surface area contributed by atoms with Gasteiger partial charge in [0, 0.05) is 36.9 Å². The Hall–Kier alpha value is -1.65. The van der Waals surface area contributed by atoms with Crippen LogP contribution in [-0.2, 0) is 13.1 Å². The molecule has 0 aliphatic carbocycles. The second-order valence-corrected chi connectivity index (χ2v) is 5.96. The highest BCUT2D eigenvalue weighted by atomic mass is 15.2. The first-order valence-electron chi connectivity index (χ1n) is 7.80. The largest absolute Gasteiger partial charge is 0.309 e. The summed E-state index contributed by atoms with van der Waals surface area (Å²) in [6.45, 7) is 6.38. The predicted octanol–water partition coefficient (Wildman–Crippen LogP) is 2.47. The van der Waals surface area contributed by atoms with Crippen molar-refractivity contribution in [3.05, 3.63) is 53.3 Å². The molecule has 0 saturated carbocycles. The van der Waals surface area contributed by atoms with Crippen LogP contribution in [0, 0.1) is 6.92 Å². The smallest absolute Gasteiger partial charge is 0.0535 e. The van der Waals surface area contributed by atoms with Crippen molar-refractivity contribution < 1.29 is 0 Å². The number of rotatable bonds is 5. The maximum atomic E-state index is 4.08. The molecule has 1 aliphatic heterocycles. The third kappa shape index (κ3) is 3.93. The maximum absolute atomic E-state index is 4.08. The lowest BCUT2D eigenvalue weighted by Crippen LogP contribution is -2.45. The number of nitrogens with one attached hydrogen (secondary N) is 2. The molecule has 0 amide bonds. The summed E-state index contributed by atoms with van der Waals surface area (Å²) >= 11 is 0. The Morgan fingerprint density at radius 3 is 2.95 bits per heavy atom. The zero-order chi connectivity index (χ0) is 14.5. The van der Waals surface area contributed by atoms with E-state index in [9.17, 15) is 0 Å². The molecule has 0 unspecified atom stereocenters. The molecule has 1 aliphatic rings. The van der Waals surface area contributed by atoms with E-state index < -0.39 is 0 Å². The van der Waals surface area contributed by atoms with Gasteiger partial charge >= 0.3 is 0 Å². The van der Waals surface area contributed by atoms with Crippen molar-refractivity contribution in [3.8, 4) is 0 Å². The van der Waals surface area contributed by atoms with Crippen molar-refractivity contribution in [2.24, 2.45) is 0 Å². The summed E-state index contributed by atoms with van der Waals surface area (Å²) in [4.78, 5) is 2.55. The molecule has 2 N–H and O–H groups in total. The quantitative estimate of drug-likeness (QED) is 0.886. The molecule has 2 aromatic rings. The highest BCUT2D eigenvalue weighted by molar-refractivity contribution is 5.15. The molecule has 1 fully saturated rings. The van der Waals surface area contributed by atoms with Gasteiger partial charge in [-0.15, -0.1) is 0 Å². The van der Waals surface area contributed by atoms with E-state index in [2.05, 4.69) is 57.7 Å². The average Bonchev–Trinajstić information content (AvgIpc) is 2.92. The monoisotopic (exact) mass is 284 g/mol. The highest BCUT2D eigenvalue weighted by Crippen LogP contribution is 2.14. The lowest BCUT2D eigenvalue weighted by molar-refractivity contribution is 0.182. The Bertz CT molecular complexity index is 549. The van der Waals surface area contributed by atoms with Gasteiger partial charge in [0.15, 0.2) is 0 Å². The Labute approximate surface area is 126 Å². The SMILES string of the molecule is Cc1[nH]ncc1CN[C@@H]1CCCN(Cc2ccccc2)C1. The van der Waals surface area contributed by atoms with Crippen molar-refractivity contribution in [3.63, 3.8) is 0 Å². The summed E-state index contributed by atoms with van der Waals surface area (Å²) < 4.78 is 0. The second kappa shape index (κ2) is 6.87. The summed E-state index contributed by atoms with van der Waals surface area (Å²) in [6.07, 6.45) is 4.46. The van der Waals surface area contributed by atoms with Crippen LogP contribution in [0.15, 0.2) is 36.5 Å². The van der Waals surface area contributed by atoms with Gasteiger partial charge in [0.05, 0.1) is 6.20 Å². The van der Waals surface area contributed by atoms with E-state index >= 15 is 0 Å². The number of aromatic amines is 1. The van der Waals surface area contributed by atoms with Gasteiger partial charge in [-0.3, -0.25) is 10.00 Å².